The Labute approximate surface area is 213 Å². The summed E-state index contributed by atoms with van der Waals surface area (Å²) in [5, 5.41) is 8.28. The van der Waals surface area contributed by atoms with Crippen LogP contribution in [-0.2, 0) is 9.59 Å². The Morgan fingerprint density at radius 1 is 1.00 bits per heavy atom. The van der Waals surface area contributed by atoms with Gasteiger partial charge in [-0.05, 0) is 36.7 Å². The molecule has 8 nitrogen and oxygen atoms in total. The molecule has 0 spiro atoms. The fraction of sp³-hybridized carbons (Fsp3) is 0.464. The first kappa shape index (κ1) is 25.9. The van der Waals surface area contributed by atoms with Crippen LogP contribution in [-0.4, -0.2) is 78.4 Å². The number of hydrogen-bond donors (Lipinski definition) is 3. The standard InChI is InChI=1S/C28H38N6O2/c1-29-26(35)11-5-3-4-10-24(31-27(36)20-34-16-14-33(2)15-17-34)28-30-19-25(32-28)23-13-12-21-8-6-7-9-22(21)18-23/h6-9,12-13,18-19,24H,3-5,10-11,14-17,20H2,1-2H3,(H,29,35)(H,30,32)(H,31,36). The molecule has 0 aliphatic carbocycles. The summed E-state index contributed by atoms with van der Waals surface area (Å²) in [7, 11) is 3.78. The molecule has 4 rings (SSSR count). The zero-order chi connectivity index (χ0) is 25.3. The molecule has 2 aromatic carbocycles. The van der Waals surface area contributed by atoms with E-state index in [1.807, 2.05) is 18.3 Å². The average molecular weight is 491 g/mol. The smallest absolute Gasteiger partial charge is 0.234 e. The number of benzene rings is 2. The number of carbonyl (C=O) groups is 2. The van der Waals surface area contributed by atoms with Gasteiger partial charge in [0.25, 0.3) is 0 Å². The number of amides is 2. The summed E-state index contributed by atoms with van der Waals surface area (Å²) < 4.78 is 0. The molecule has 192 valence electrons. The van der Waals surface area contributed by atoms with Crippen molar-refractivity contribution >= 4 is 22.6 Å². The summed E-state index contributed by atoms with van der Waals surface area (Å²) in [6, 6.07) is 14.5. The average Bonchev–Trinajstić information content (AvgIpc) is 3.39. The van der Waals surface area contributed by atoms with Crippen LogP contribution in [0.3, 0.4) is 0 Å². The number of nitrogens with one attached hydrogen (secondary N) is 3. The third kappa shape index (κ3) is 7.15. The minimum atomic E-state index is -0.195. The third-order valence-corrected chi connectivity index (χ3v) is 6.96. The number of fused-ring (bicyclic) bond motifs is 1. The first-order valence-electron chi connectivity index (χ1n) is 13.0. The highest BCUT2D eigenvalue weighted by Gasteiger charge is 2.21. The van der Waals surface area contributed by atoms with Crippen LogP contribution in [0.25, 0.3) is 22.0 Å². The number of aromatic nitrogens is 2. The van der Waals surface area contributed by atoms with E-state index >= 15 is 0 Å². The molecule has 3 N–H and O–H groups in total. The number of nitrogens with zero attached hydrogens (tertiary/aromatic N) is 3. The van der Waals surface area contributed by atoms with Crippen LogP contribution >= 0.6 is 0 Å². The van der Waals surface area contributed by atoms with Crippen LogP contribution in [0, 0.1) is 0 Å². The van der Waals surface area contributed by atoms with Crippen molar-refractivity contribution < 1.29 is 9.59 Å². The first-order chi connectivity index (χ1) is 17.5. The molecule has 0 bridgehead atoms. The topological polar surface area (TPSA) is 93.4 Å². The number of unbranched alkanes of at least 4 members (excludes halogenated alkanes) is 2. The second-order valence-electron chi connectivity index (χ2n) is 9.72. The lowest BCUT2D eigenvalue weighted by Gasteiger charge is -2.32. The van der Waals surface area contributed by atoms with Crippen molar-refractivity contribution in [2.75, 3.05) is 46.8 Å². The molecule has 3 aromatic rings. The fourth-order valence-electron chi connectivity index (χ4n) is 4.68. The molecule has 2 heterocycles. The Bertz CT molecular complexity index is 1150. The van der Waals surface area contributed by atoms with Crippen LogP contribution < -0.4 is 10.6 Å². The lowest BCUT2D eigenvalue weighted by Crippen LogP contribution is -2.48. The minimum Gasteiger partial charge on any atom is -0.359 e. The van der Waals surface area contributed by atoms with E-state index in [9.17, 15) is 9.59 Å². The van der Waals surface area contributed by atoms with Gasteiger partial charge in [0.15, 0.2) is 0 Å². The third-order valence-electron chi connectivity index (χ3n) is 6.96. The van der Waals surface area contributed by atoms with Gasteiger partial charge in [-0.15, -0.1) is 0 Å². The van der Waals surface area contributed by atoms with Gasteiger partial charge < -0.3 is 20.5 Å². The lowest BCUT2D eigenvalue weighted by molar-refractivity contribution is -0.123. The maximum atomic E-state index is 13.0. The highest BCUT2D eigenvalue weighted by molar-refractivity contribution is 5.86. The quantitative estimate of drug-likeness (QED) is 0.359. The molecule has 2 amide bonds. The predicted molar refractivity (Wildman–Crippen MR) is 144 cm³/mol. The fourth-order valence-corrected chi connectivity index (χ4v) is 4.68. The Hall–Kier alpha value is -3.23. The van der Waals surface area contributed by atoms with E-state index in [0.29, 0.717) is 13.0 Å². The van der Waals surface area contributed by atoms with Gasteiger partial charge in [0.1, 0.15) is 5.82 Å². The molecular weight excluding hydrogens is 452 g/mol. The van der Waals surface area contributed by atoms with Crippen LogP contribution in [0.15, 0.2) is 48.7 Å². The van der Waals surface area contributed by atoms with Crippen molar-refractivity contribution in [2.24, 2.45) is 0 Å². The van der Waals surface area contributed by atoms with Gasteiger partial charge in [0, 0.05) is 45.2 Å². The number of imidazole rings is 1. The van der Waals surface area contributed by atoms with Gasteiger partial charge in [-0.2, -0.15) is 0 Å². The molecule has 1 fully saturated rings. The number of aromatic amines is 1. The molecule has 8 heteroatoms. The number of likely N-dealkylation sites (N-methyl/N-ethyl adjacent to an activating group) is 1. The van der Waals surface area contributed by atoms with Gasteiger partial charge in [0.05, 0.1) is 24.5 Å². The summed E-state index contributed by atoms with van der Waals surface area (Å²) in [4.78, 5) is 37.1. The van der Waals surface area contributed by atoms with Crippen molar-refractivity contribution in [3.05, 3.63) is 54.5 Å². The van der Waals surface area contributed by atoms with Gasteiger partial charge >= 0.3 is 0 Å². The Morgan fingerprint density at radius 2 is 1.78 bits per heavy atom. The van der Waals surface area contributed by atoms with Crippen molar-refractivity contribution in [1.82, 2.24) is 30.4 Å². The van der Waals surface area contributed by atoms with Crippen LogP contribution in [0.2, 0.25) is 0 Å². The summed E-state index contributed by atoms with van der Waals surface area (Å²) in [6.45, 7) is 4.17. The zero-order valence-corrected chi connectivity index (χ0v) is 21.4. The van der Waals surface area contributed by atoms with Gasteiger partial charge in [-0.25, -0.2) is 4.98 Å². The molecule has 1 saturated heterocycles. The van der Waals surface area contributed by atoms with Crippen molar-refractivity contribution in [3.63, 3.8) is 0 Å². The van der Waals surface area contributed by atoms with Gasteiger partial charge in [0.2, 0.25) is 11.8 Å². The van der Waals surface area contributed by atoms with E-state index in [1.54, 1.807) is 7.05 Å². The van der Waals surface area contributed by atoms with Crippen molar-refractivity contribution in [2.45, 2.75) is 38.1 Å². The van der Waals surface area contributed by atoms with Crippen LogP contribution in [0.4, 0.5) is 0 Å². The molecule has 1 aliphatic rings. The predicted octanol–water partition coefficient (Wildman–Crippen LogP) is 3.33. The summed E-state index contributed by atoms with van der Waals surface area (Å²) in [6.07, 6.45) is 5.82. The SMILES string of the molecule is CNC(=O)CCCCCC(NC(=O)CN1CCN(C)CC1)c1ncc(-c2ccc3ccccc3c2)[nH]1. The van der Waals surface area contributed by atoms with E-state index < -0.39 is 0 Å². The van der Waals surface area contributed by atoms with Crippen molar-refractivity contribution in [3.8, 4) is 11.3 Å². The first-order valence-corrected chi connectivity index (χ1v) is 13.0. The minimum absolute atomic E-state index is 0.0265. The summed E-state index contributed by atoms with van der Waals surface area (Å²) >= 11 is 0. The van der Waals surface area contributed by atoms with Gasteiger partial charge in [-0.3, -0.25) is 14.5 Å². The van der Waals surface area contributed by atoms with E-state index in [2.05, 4.69) is 67.8 Å². The second kappa shape index (κ2) is 12.6. The van der Waals surface area contributed by atoms with E-state index in [-0.39, 0.29) is 17.9 Å². The van der Waals surface area contributed by atoms with E-state index in [4.69, 9.17) is 0 Å². The monoisotopic (exact) mass is 490 g/mol. The highest BCUT2D eigenvalue weighted by atomic mass is 16.2. The van der Waals surface area contributed by atoms with Crippen molar-refractivity contribution in [1.29, 1.82) is 0 Å². The number of carbonyl (C=O) groups excluding carboxylic acids is 2. The second-order valence-corrected chi connectivity index (χ2v) is 9.72. The maximum absolute atomic E-state index is 13.0. The van der Waals surface area contributed by atoms with E-state index in [1.165, 1.54) is 10.8 Å². The highest BCUT2D eigenvalue weighted by Crippen LogP contribution is 2.26. The Morgan fingerprint density at radius 3 is 2.56 bits per heavy atom. The van der Waals surface area contributed by atoms with Crippen LogP contribution in [0.5, 0.6) is 0 Å². The molecule has 1 atom stereocenters. The Balaban J connectivity index is 1.42. The molecule has 0 radical (unpaired) electrons. The van der Waals surface area contributed by atoms with E-state index in [0.717, 1.165) is 68.9 Å². The lowest BCUT2D eigenvalue weighted by atomic mass is 10.1. The number of piperazine rings is 1. The maximum Gasteiger partial charge on any atom is 0.234 e. The van der Waals surface area contributed by atoms with Crippen LogP contribution in [0.1, 0.15) is 44.0 Å². The Kier molecular flexibility index (Phi) is 9.08. The molecule has 0 saturated carbocycles. The zero-order valence-electron chi connectivity index (χ0n) is 21.4. The largest absolute Gasteiger partial charge is 0.359 e. The number of hydrogen-bond acceptors (Lipinski definition) is 5. The summed E-state index contributed by atoms with van der Waals surface area (Å²) in [5.41, 5.74) is 2.01. The molecule has 1 aliphatic heterocycles. The summed E-state index contributed by atoms with van der Waals surface area (Å²) in [5.74, 6) is 0.868. The number of H-pyrrole nitrogens is 1. The molecule has 1 aromatic heterocycles. The van der Waals surface area contributed by atoms with Gasteiger partial charge in [-0.1, -0.05) is 49.2 Å². The number of rotatable bonds is 11. The molecular formula is C28H38N6O2. The molecule has 1 unspecified atom stereocenters. The molecule has 36 heavy (non-hydrogen) atoms. The normalized spacial score (nSPS) is 15.6.